The standard InChI is InChI=1S/C15H31NO/c1-5-16-14(10-8-9-13(2)3)15(17-4)11-6-7-12-15/h13-14,16H,5-12H2,1-4H3. The molecule has 17 heavy (non-hydrogen) atoms. The molecule has 1 unspecified atom stereocenters. The van der Waals surface area contributed by atoms with Crippen LogP contribution in [-0.2, 0) is 4.74 Å². The summed E-state index contributed by atoms with van der Waals surface area (Å²) in [6.07, 6.45) is 9.06. The van der Waals surface area contributed by atoms with Crippen LogP contribution in [0.3, 0.4) is 0 Å². The van der Waals surface area contributed by atoms with Crippen molar-refractivity contribution in [1.29, 1.82) is 0 Å². The molecule has 2 heteroatoms. The summed E-state index contributed by atoms with van der Waals surface area (Å²) >= 11 is 0. The van der Waals surface area contributed by atoms with Crippen molar-refractivity contribution in [3.63, 3.8) is 0 Å². The number of hydrogen-bond acceptors (Lipinski definition) is 2. The molecule has 0 heterocycles. The second-order valence-corrected chi connectivity index (χ2v) is 5.91. The van der Waals surface area contributed by atoms with Crippen molar-refractivity contribution in [3.8, 4) is 0 Å². The van der Waals surface area contributed by atoms with Crippen molar-refractivity contribution < 1.29 is 4.74 Å². The minimum absolute atomic E-state index is 0.132. The van der Waals surface area contributed by atoms with E-state index in [9.17, 15) is 0 Å². The lowest BCUT2D eigenvalue weighted by Gasteiger charge is -2.37. The predicted molar refractivity (Wildman–Crippen MR) is 74.4 cm³/mol. The fourth-order valence-corrected chi connectivity index (χ4v) is 3.20. The molecule has 1 saturated carbocycles. The molecule has 1 aliphatic carbocycles. The third-order valence-electron chi connectivity index (χ3n) is 4.22. The molecule has 2 nitrogen and oxygen atoms in total. The highest BCUT2D eigenvalue weighted by molar-refractivity contribution is 4.96. The van der Waals surface area contributed by atoms with Gasteiger partial charge in [-0.3, -0.25) is 0 Å². The van der Waals surface area contributed by atoms with Crippen LogP contribution < -0.4 is 5.32 Å². The van der Waals surface area contributed by atoms with Crippen LogP contribution in [0.5, 0.6) is 0 Å². The first-order chi connectivity index (χ1) is 8.14. The largest absolute Gasteiger partial charge is 0.377 e. The van der Waals surface area contributed by atoms with Gasteiger partial charge in [0.2, 0.25) is 0 Å². The van der Waals surface area contributed by atoms with Crippen LogP contribution >= 0.6 is 0 Å². The molecule has 0 aromatic rings. The van der Waals surface area contributed by atoms with E-state index in [0.717, 1.165) is 12.5 Å². The molecule has 1 rings (SSSR count). The maximum atomic E-state index is 5.91. The van der Waals surface area contributed by atoms with Gasteiger partial charge >= 0.3 is 0 Å². The van der Waals surface area contributed by atoms with Gasteiger partial charge < -0.3 is 10.1 Å². The summed E-state index contributed by atoms with van der Waals surface area (Å²) in [7, 11) is 1.90. The Kier molecular flexibility index (Phi) is 6.50. The Morgan fingerprint density at radius 2 is 1.82 bits per heavy atom. The van der Waals surface area contributed by atoms with Gasteiger partial charge in [0, 0.05) is 13.2 Å². The van der Waals surface area contributed by atoms with Crippen LogP contribution in [0.2, 0.25) is 0 Å². The van der Waals surface area contributed by atoms with E-state index in [2.05, 4.69) is 26.1 Å². The molecule has 0 spiro atoms. The highest BCUT2D eigenvalue weighted by Crippen LogP contribution is 2.37. The summed E-state index contributed by atoms with van der Waals surface area (Å²) in [5.74, 6) is 0.819. The normalized spacial score (nSPS) is 21.0. The maximum Gasteiger partial charge on any atom is 0.0830 e. The molecule has 0 aromatic heterocycles. The van der Waals surface area contributed by atoms with Gasteiger partial charge in [0.15, 0.2) is 0 Å². The Balaban J connectivity index is 2.50. The quantitative estimate of drug-likeness (QED) is 0.699. The molecule has 0 bridgehead atoms. The van der Waals surface area contributed by atoms with Crippen molar-refractivity contribution in [2.24, 2.45) is 5.92 Å². The zero-order valence-corrected chi connectivity index (χ0v) is 12.2. The fourth-order valence-electron chi connectivity index (χ4n) is 3.20. The van der Waals surface area contributed by atoms with Crippen LogP contribution in [-0.4, -0.2) is 25.3 Å². The highest BCUT2D eigenvalue weighted by Gasteiger charge is 2.40. The number of rotatable bonds is 8. The predicted octanol–water partition coefficient (Wildman–Crippen LogP) is 3.75. The van der Waals surface area contributed by atoms with Crippen LogP contribution in [0.4, 0.5) is 0 Å². The second-order valence-electron chi connectivity index (χ2n) is 5.91. The minimum atomic E-state index is 0.132. The molecule has 1 N–H and O–H groups in total. The van der Waals surface area contributed by atoms with Crippen molar-refractivity contribution >= 4 is 0 Å². The van der Waals surface area contributed by atoms with E-state index in [4.69, 9.17) is 4.74 Å². The first-order valence-electron chi connectivity index (χ1n) is 7.43. The lowest BCUT2D eigenvalue weighted by molar-refractivity contribution is -0.0380. The molecule has 102 valence electrons. The van der Waals surface area contributed by atoms with E-state index in [1.807, 2.05) is 7.11 Å². The summed E-state index contributed by atoms with van der Waals surface area (Å²) in [6.45, 7) is 7.87. The Morgan fingerprint density at radius 1 is 1.18 bits per heavy atom. The highest BCUT2D eigenvalue weighted by atomic mass is 16.5. The van der Waals surface area contributed by atoms with Gasteiger partial charge in [0.05, 0.1) is 5.60 Å². The first-order valence-corrected chi connectivity index (χ1v) is 7.43. The number of hydrogen-bond donors (Lipinski definition) is 1. The van der Waals surface area contributed by atoms with E-state index in [0.29, 0.717) is 6.04 Å². The molecule has 0 radical (unpaired) electrons. The van der Waals surface area contributed by atoms with Gasteiger partial charge in [-0.1, -0.05) is 46.5 Å². The minimum Gasteiger partial charge on any atom is -0.377 e. The average Bonchev–Trinajstić information content (AvgIpc) is 2.77. The van der Waals surface area contributed by atoms with Crippen molar-refractivity contribution in [2.75, 3.05) is 13.7 Å². The summed E-state index contributed by atoms with van der Waals surface area (Å²) in [6, 6.07) is 0.554. The topological polar surface area (TPSA) is 21.3 Å². The SMILES string of the molecule is CCNC(CCCC(C)C)C1(OC)CCCC1. The zero-order chi connectivity index (χ0) is 12.7. The second kappa shape index (κ2) is 7.38. The Morgan fingerprint density at radius 3 is 2.29 bits per heavy atom. The third-order valence-corrected chi connectivity index (χ3v) is 4.22. The van der Waals surface area contributed by atoms with E-state index in [1.165, 1.54) is 44.9 Å². The molecule has 0 aliphatic heterocycles. The van der Waals surface area contributed by atoms with Gasteiger partial charge in [0.25, 0.3) is 0 Å². The van der Waals surface area contributed by atoms with Crippen LogP contribution in [0.15, 0.2) is 0 Å². The number of nitrogens with one attached hydrogen (secondary N) is 1. The molecule has 0 amide bonds. The Bertz CT molecular complexity index is 197. The summed E-state index contributed by atoms with van der Waals surface area (Å²) in [4.78, 5) is 0. The van der Waals surface area contributed by atoms with E-state index < -0.39 is 0 Å². The summed E-state index contributed by atoms with van der Waals surface area (Å²) < 4.78 is 5.91. The summed E-state index contributed by atoms with van der Waals surface area (Å²) in [5, 5.41) is 3.67. The Hall–Kier alpha value is -0.0800. The van der Waals surface area contributed by atoms with Gasteiger partial charge in [-0.05, 0) is 31.7 Å². The summed E-state index contributed by atoms with van der Waals surface area (Å²) in [5.41, 5.74) is 0.132. The smallest absolute Gasteiger partial charge is 0.0830 e. The van der Waals surface area contributed by atoms with Gasteiger partial charge in [-0.25, -0.2) is 0 Å². The van der Waals surface area contributed by atoms with Crippen LogP contribution in [0, 0.1) is 5.92 Å². The van der Waals surface area contributed by atoms with E-state index in [-0.39, 0.29) is 5.60 Å². The molecule has 1 atom stereocenters. The Labute approximate surface area is 108 Å². The molecular formula is C15H31NO. The van der Waals surface area contributed by atoms with Gasteiger partial charge in [-0.15, -0.1) is 0 Å². The molecule has 0 saturated heterocycles. The average molecular weight is 241 g/mol. The van der Waals surface area contributed by atoms with Crippen molar-refractivity contribution in [1.82, 2.24) is 5.32 Å². The lowest BCUT2D eigenvalue weighted by atomic mass is 9.87. The number of methoxy groups -OCH3 is 1. The zero-order valence-electron chi connectivity index (χ0n) is 12.2. The van der Waals surface area contributed by atoms with Crippen molar-refractivity contribution in [3.05, 3.63) is 0 Å². The number of ether oxygens (including phenoxy) is 1. The van der Waals surface area contributed by atoms with E-state index in [1.54, 1.807) is 0 Å². The van der Waals surface area contributed by atoms with Crippen LogP contribution in [0.25, 0.3) is 0 Å². The first kappa shape index (κ1) is 15.0. The maximum absolute atomic E-state index is 5.91. The molecule has 1 aliphatic rings. The van der Waals surface area contributed by atoms with Gasteiger partial charge in [-0.2, -0.15) is 0 Å². The third kappa shape index (κ3) is 4.26. The lowest BCUT2D eigenvalue weighted by Crippen LogP contribution is -2.50. The van der Waals surface area contributed by atoms with Crippen molar-refractivity contribution in [2.45, 2.75) is 77.4 Å². The van der Waals surface area contributed by atoms with Crippen LogP contribution in [0.1, 0.15) is 65.7 Å². The molecule has 0 aromatic carbocycles. The molecule has 1 fully saturated rings. The van der Waals surface area contributed by atoms with Gasteiger partial charge in [0.1, 0.15) is 0 Å². The fraction of sp³-hybridized carbons (Fsp3) is 1.00. The van der Waals surface area contributed by atoms with E-state index >= 15 is 0 Å². The monoisotopic (exact) mass is 241 g/mol. The molecular weight excluding hydrogens is 210 g/mol. The number of likely N-dealkylation sites (N-methyl/N-ethyl adjacent to an activating group) is 1.